The molecule has 0 bridgehead atoms. The average Bonchev–Trinajstić information content (AvgIpc) is 3.16. The highest BCUT2D eigenvalue weighted by Crippen LogP contribution is 2.36. The SMILES string of the molecule is CCCC1C(=O)N(CCCO)C(=O)c2c1nc(Oc1ccccc1)n2Cc1ccc(N)cc1. The maximum Gasteiger partial charge on any atom is 0.303 e. The molecule has 3 N–H and O–H groups in total. The molecular weight excluding hydrogens is 420 g/mol. The number of carbonyl (C=O) groups is 2. The second kappa shape index (κ2) is 9.87. The van der Waals surface area contributed by atoms with Crippen molar-refractivity contribution in [2.24, 2.45) is 0 Å². The fraction of sp³-hybridized carbons (Fsp3) is 0.320. The molecular formula is C25H28N4O4. The van der Waals surface area contributed by atoms with Crippen molar-refractivity contribution in [2.45, 2.75) is 38.6 Å². The van der Waals surface area contributed by atoms with Gasteiger partial charge in [-0.25, -0.2) is 0 Å². The van der Waals surface area contributed by atoms with E-state index in [4.69, 9.17) is 10.5 Å². The highest BCUT2D eigenvalue weighted by Gasteiger charge is 2.43. The van der Waals surface area contributed by atoms with E-state index in [1.807, 2.05) is 49.4 Å². The van der Waals surface area contributed by atoms with Gasteiger partial charge in [0, 0.05) is 18.8 Å². The number of rotatable bonds is 9. The fourth-order valence-corrected chi connectivity index (χ4v) is 4.06. The van der Waals surface area contributed by atoms with Crippen LogP contribution in [0.3, 0.4) is 0 Å². The molecule has 4 rings (SSSR count). The highest BCUT2D eigenvalue weighted by atomic mass is 16.5. The standard InChI is InChI=1S/C25H28N4O4/c1-2-7-20-21-22(24(32)28(23(20)31)14-6-15-30)29(16-17-10-12-18(26)13-11-17)25(27-21)33-19-8-4-3-5-9-19/h3-5,8-13,20,30H,2,6-7,14-16,26H2,1H3. The summed E-state index contributed by atoms with van der Waals surface area (Å²) in [4.78, 5) is 32.6. The minimum Gasteiger partial charge on any atom is -0.425 e. The highest BCUT2D eigenvalue weighted by molar-refractivity contribution is 6.10. The third-order valence-corrected chi connectivity index (χ3v) is 5.69. The Bertz CT molecular complexity index is 1130. The van der Waals surface area contributed by atoms with Gasteiger partial charge in [-0.2, -0.15) is 4.98 Å². The number of ether oxygens (including phenoxy) is 1. The molecule has 0 radical (unpaired) electrons. The lowest BCUT2D eigenvalue weighted by Gasteiger charge is -2.30. The summed E-state index contributed by atoms with van der Waals surface area (Å²) in [5.41, 5.74) is 8.20. The largest absolute Gasteiger partial charge is 0.425 e. The summed E-state index contributed by atoms with van der Waals surface area (Å²) in [6.07, 6.45) is 1.65. The number of aliphatic hydroxyl groups excluding tert-OH is 1. The quantitative estimate of drug-likeness (QED) is 0.383. The van der Waals surface area contributed by atoms with Crippen molar-refractivity contribution in [3.63, 3.8) is 0 Å². The normalized spacial score (nSPS) is 15.6. The Morgan fingerprint density at radius 3 is 2.48 bits per heavy atom. The van der Waals surface area contributed by atoms with Gasteiger partial charge in [0.15, 0.2) is 0 Å². The maximum absolute atomic E-state index is 13.5. The molecule has 0 saturated heterocycles. The van der Waals surface area contributed by atoms with Gasteiger partial charge in [0.05, 0.1) is 18.2 Å². The number of amides is 2. The van der Waals surface area contributed by atoms with E-state index in [1.165, 1.54) is 4.90 Å². The Balaban J connectivity index is 1.83. The molecule has 0 saturated carbocycles. The lowest BCUT2D eigenvalue weighted by molar-refractivity contribution is -0.131. The van der Waals surface area contributed by atoms with Crippen LogP contribution in [-0.2, 0) is 11.3 Å². The average molecular weight is 449 g/mol. The number of carbonyl (C=O) groups excluding carboxylic acids is 2. The van der Waals surface area contributed by atoms with Gasteiger partial charge in [-0.1, -0.05) is 43.7 Å². The zero-order valence-electron chi connectivity index (χ0n) is 18.6. The Morgan fingerprint density at radius 1 is 1.09 bits per heavy atom. The number of imide groups is 1. The number of hydrogen-bond donors (Lipinski definition) is 2. The van der Waals surface area contributed by atoms with Crippen molar-refractivity contribution in [3.8, 4) is 11.8 Å². The number of nitrogens with zero attached hydrogens (tertiary/aromatic N) is 3. The third kappa shape index (κ3) is 4.61. The first-order valence-electron chi connectivity index (χ1n) is 11.2. The van der Waals surface area contributed by atoms with Gasteiger partial charge in [0.1, 0.15) is 11.4 Å². The number of aliphatic hydroxyl groups is 1. The van der Waals surface area contributed by atoms with Gasteiger partial charge in [0.2, 0.25) is 5.91 Å². The molecule has 1 unspecified atom stereocenters. The van der Waals surface area contributed by atoms with Crippen LogP contribution in [0.5, 0.6) is 11.8 Å². The summed E-state index contributed by atoms with van der Waals surface area (Å²) in [5, 5.41) is 9.28. The molecule has 3 aromatic rings. The Labute approximate surface area is 192 Å². The van der Waals surface area contributed by atoms with Crippen molar-refractivity contribution in [1.82, 2.24) is 14.5 Å². The van der Waals surface area contributed by atoms with Gasteiger partial charge >= 0.3 is 6.01 Å². The first kappa shape index (κ1) is 22.5. The number of benzene rings is 2. The predicted octanol–water partition coefficient (Wildman–Crippen LogP) is 3.55. The molecule has 0 aliphatic carbocycles. The van der Waals surface area contributed by atoms with Crippen LogP contribution in [-0.4, -0.2) is 44.5 Å². The number of aromatic nitrogens is 2. The minimum absolute atomic E-state index is 0.102. The van der Waals surface area contributed by atoms with Crippen molar-refractivity contribution >= 4 is 17.5 Å². The molecule has 2 amide bonds. The molecule has 1 atom stereocenters. The Morgan fingerprint density at radius 2 is 1.82 bits per heavy atom. The zero-order chi connectivity index (χ0) is 23.4. The number of nitrogen functional groups attached to an aromatic ring is 1. The van der Waals surface area contributed by atoms with Crippen LogP contribution >= 0.6 is 0 Å². The number of nitrogens with two attached hydrogens (primary N) is 1. The van der Waals surface area contributed by atoms with Crippen LogP contribution in [0, 0.1) is 0 Å². The second-order valence-corrected chi connectivity index (χ2v) is 8.08. The molecule has 172 valence electrons. The monoisotopic (exact) mass is 448 g/mol. The van der Waals surface area contributed by atoms with E-state index in [-0.39, 0.29) is 25.1 Å². The summed E-state index contributed by atoms with van der Waals surface area (Å²) < 4.78 is 7.82. The molecule has 1 aromatic heterocycles. The molecule has 0 spiro atoms. The van der Waals surface area contributed by atoms with Crippen LogP contribution in [0.25, 0.3) is 0 Å². The molecule has 8 heteroatoms. The van der Waals surface area contributed by atoms with Crippen molar-refractivity contribution in [2.75, 3.05) is 18.9 Å². The van der Waals surface area contributed by atoms with E-state index in [2.05, 4.69) is 4.98 Å². The number of hydrogen-bond acceptors (Lipinski definition) is 6. The van der Waals surface area contributed by atoms with Crippen molar-refractivity contribution in [3.05, 3.63) is 71.5 Å². The van der Waals surface area contributed by atoms with Gasteiger partial charge in [-0.05, 0) is 42.7 Å². The smallest absolute Gasteiger partial charge is 0.303 e. The second-order valence-electron chi connectivity index (χ2n) is 8.08. The number of imidazole rings is 1. The van der Waals surface area contributed by atoms with Gasteiger partial charge in [-0.15, -0.1) is 0 Å². The summed E-state index contributed by atoms with van der Waals surface area (Å²) in [7, 11) is 0. The minimum atomic E-state index is -0.535. The van der Waals surface area contributed by atoms with Gasteiger partial charge < -0.3 is 15.6 Å². The van der Waals surface area contributed by atoms with Crippen LogP contribution < -0.4 is 10.5 Å². The van der Waals surface area contributed by atoms with E-state index in [1.54, 1.807) is 16.7 Å². The summed E-state index contributed by atoms with van der Waals surface area (Å²) in [6.45, 7) is 2.39. The maximum atomic E-state index is 13.5. The lowest BCUT2D eigenvalue weighted by Crippen LogP contribution is -2.46. The summed E-state index contributed by atoms with van der Waals surface area (Å²) >= 11 is 0. The molecule has 1 aliphatic heterocycles. The summed E-state index contributed by atoms with van der Waals surface area (Å²) in [5.74, 6) is -0.638. The molecule has 33 heavy (non-hydrogen) atoms. The van der Waals surface area contributed by atoms with E-state index in [0.717, 1.165) is 12.0 Å². The van der Waals surface area contributed by atoms with E-state index >= 15 is 0 Å². The van der Waals surface area contributed by atoms with Gasteiger partial charge in [-0.3, -0.25) is 19.1 Å². The van der Waals surface area contributed by atoms with Crippen LogP contribution in [0.2, 0.25) is 0 Å². The van der Waals surface area contributed by atoms with E-state index < -0.39 is 11.8 Å². The molecule has 2 aromatic carbocycles. The van der Waals surface area contributed by atoms with E-state index in [9.17, 15) is 14.7 Å². The van der Waals surface area contributed by atoms with Crippen molar-refractivity contribution in [1.29, 1.82) is 0 Å². The predicted molar refractivity (Wildman–Crippen MR) is 124 cm³/mol. The van der Waals surface area contributed by atoms with E-state index in [0.29, 0.717) is 42.2 Å². The number of para-hydroxylation sites is 1. The first-order valence-corrected chi connectivity index (χ1v) is 11.2. The molecule has 0 fully saturated rings. The molecule has 2 heterocycles. The Kier molecular flexibility index (Phi) is 6.74. The van der Waals surface area contributed by atoms with Crippen LogP contribution in [0.4, 0.5) is 5.69 Å². The molecule has 1 aliphatic rings. The summed E-state index contributed by atoms with van der Waals surface area (Å²) in [6, 6.07) is 16.9. The Hall–Kier alpha value is -3.65. The number of anilines is 1. The third-order valence-electron chi connectivity index (χ3n) is 5.69. The van der Waals surface area contributed by atoms with Crippen molar-refractivity contribution < 1.29 is 19.4 Å². The topological polar surface area (TPSA) is 111 Å². The van der Waals surface area contributed by atoms with Gasteiger partial charge in [0.25, 0.3) is 5.91 Å². The zero-order valence-corrected chi connectivity index (χ0v) is 18.6. The lowest BCUT2D eigenvalue weighted by atomic mass is 9.92. The van der Waals surface area contributed by atoms with Crippen LogP contribution in [0.15, 0.2) is 54.6 Å². The first-order chi connectivity index (χ1) is 16.0. The molecule has 8 nitrogen and oxygen atoms in total. The van der Waals surface area contributed by atoms with Crippen LogP contribution in [0.1, 0.15) is 53.8 Å². The fourth-order valence-electron chi connectivity index (χ4n) is 4.06. The number of fused-ring (bicyclic) bond motifs is 1.